The normalized spacial score (nSPS) is 20.5. The summed E-state index contributed by atoms with van der Waals surface area (Å²) in [6, 6.07) is 12.9. The minimum Gasteiger partial charge on any atom is -0.455 e. The first-order valence-corrected chi connectivity index (χ1v) is 17.6. The van der Waals surface area contributed by atoms with E-state index in [1.807, 2.05) is 26.0 Å². The lowest BCUT2D eigenvalue weighted by Gasteiger charge is -2.39. The zero-order valence-corrected chi connectivity index (χ0v) is 30.8. The first-order chi connectivity index (χ1) is 26.2. The van der Waals surface area contributed by atoms with Crippen molar-refractivity contribution in [3.8, 4) is 11.8 Å². The molecule has 1 saturated heterocycles. The van der Waals surface area contributed by atoms with E-state index in [4.69, 9.17) is 24.2 Å². The number of carbonyl (C=O) groups is 2. The zero-order chi connectivity index (χ0) is 40.2. The highest BCUT2D eigenvalue weighted by Gasteiger charge is 2.45. The van der Waals surface area contributed by atoms with Crippen molar-refractivity contribution in [3.63, 3.8) is 0 Å². The molecule has 296 valence electrons. The van der Waals surface area contributed by atoms with E-state index in [-0.39, 0.29) is 49.4 Å². The van der Waals surface area contributed by atoms with Crippen molar-refractivity contribution in [1.82, 2.24) is 20.3 Å². The van der Waals surface area contributed by atoms with Crippen LogP contribution in [0.25, 0.3) is 5.57 Å². The van der Waals surface area contributed by atoms with E-state index in [0.29, 0.717) is 17.7 Å². The van der Waals surface area contributed by atoms with Crippen molar-refractivity contribution >= 4 is 23.1 Å². The maximum absolute atomic E-state index is 12.7. The first-order valence-electron chi connectivity index (χ1n) is 17.6. The SMILES string of the molecule is CC(C)C(=O)OC(Cn1cc(CCOCCNC(=O)c2ccc(/C(=C\C#N)C(C)C)cc2)nn1)c1ccc(O[C@@H]2O[C@H](CO)[C@H](O)[C@H](O)[C@H]2O)c([N+](=O)[O-])c1. The number of nitrogens with zero attached hydrogens (tertiary/aromatic N) is 5. The van der Waals surface area contributed by atoms with E-state index in [2.05, 4.69) is 21.7 Å². The highest BCUT2D eigenvalue weighted by atomic mass is 16.7. The molecule has 55 heavy (non-hydrogen) atoms. The third kappa shape index (κ3) is 11.4. The molecule has 4 rings (SSSR count). The number of nitriles is 1. The molecule has 6 atom stereocenters. The average Bonchev–Trinajstić information content (AvgIpc) is 3.61. The number of carbonyl (C=O) groups excluding carboxylic acids is 2. The molecule has 0 saturated carbocycles. The molecule has 0 radical (unpaired) electrons. The van der Waals surface area contributed by atoms with Crippen molar-refractivity contribution in [2.45, 2.75) is 77.5 Å². The number of rotatable bonds is 18. The largest absolute Gasteiger partial charge is 0.455 e. The Hall–Kier alpha value is -5.29. The summed E-state index contributed by atoms with van der Waals surface area (Å²) in [4.78, 5) is 36.6. The van der Waals surface area contributed by atoms with Crippen molar-refractivity contribution in [2.75, 3.05) is 26.4 Å². The Labute approximate surface area is 317 Å². The fourth-order valence-corrected chi connectivity index (χ4v) is 5.55. The molecule has 1 unspecified atom stereocenters. The van der Waals surface area contributed by atoms with Gasteiger partial charge in [0.1, 0.15) is 30.5 Å². The third-order valence-corrected chi connectivity index (χ3v) is 8.67. The first kappa shape index (κ1) is 42.5. The van der Waals surface area contributed by atoms with Crippen LogP contribution in [0, 0.1) is 33.3 Å². The molecule has 1 aliphatic rings. The van der Waals surface area contributed by atoms with Gasteiger partial charge in [-0.25, -0.2) is 4.68 Å². The molecular weight excluding hydrogens is 720 g/mol. The number of aliphatic hydroxyl groups is 4. The van der Waals surface area contributed by atoms with E-state index in [1.54, 1.807) is 32.2 Å². The molecule has 5 N–H and O–H groups in total. The Bertz CT molecular complexity index is 1840. The number of hydrogen-bond acceptors (Lipinski definition) is 15. The predicted molar refractivity (Wildman–Crippen MR) is 193 cm³/mol. The van der Waals surface area contributed by atoms with Gasteiger partial charge in [0.15, 0.2) is 5.75 Å². The summed E-state index contributed by atoms with van der Waals surface area (Å²) in [5.74, 6) is -1.55. The lowest BCUT2D eigenvalue weighted by molar-refractivity contribution is -0.387. The van der Waals surface area contributed by atoms with Crippen LogP contribution >= 0.6 is 0 Å². The summed E-state index contributed by atoms with van der Waals surface area (Å²) in [7, 11) is 0. The van der Waals surface area contributed by atoms with Gasteiger partial charge in [-0.3, -0.25) is 19.7 Å². The standard InChI is InChI=1S/C37H46N6O12/c1-21(2)27(11-13-38)23-5-7-24(8-6-23)35(48)39-14-16-52-15-12-26-18-42(41-40-26)19-30(53-36(49)22(3)4)25-9-10-29(28(17-25)43(50)51)54-37-34(47)33(46)32(45)31(20-44)55-37/h5-11,17-18,21-22,30-34,37,44-47H,12,14-16,19-20H2,1-4H3,(H,39,48)/b27-11-/t30?,31-,32+,33+,34-,37-/m1/s1. The Morgan fingerprint density at radius 1 is 1.05 bits per heavy atom. The number of hydrogen-bond donors (Lipinski definition) is 5. The van der Waals surface area contributed by atoms with Crippen molar-refractivity contribution in [2.24, 2.45) is 11.8 Å². The predicted octanol–water partition coefficient (Wildman–Crippen LogP) is 1.86. The minimum absolute atomic E-state index is 0.0587. The number of aromatic nitrogens is 3. The monoisotopic (exact) mass is 766 g/mol. The average molecular weight is 767 g/mol. The van der Waals surface area contributed by atoms with E-state index in [0.717, 1.165) is 17.2 Å². The van der Waals surface area contributed by atoms with Crippen molar-refractivity contribution in [3.05, 3.63) is 87.2 Å². The molecule has 0 spiro atoms. The molecular formula is C37H46N6O12. The van der Waals surface area contributed by atoms with Crippen LogP contribution in [-0.2, 0) is 32.0 Å². The van der Waals surface area contributed by atoms with Gasteiger partial charge in [-0.05, 0) is 35.3 Å². The van der Waals surface area contributed by atoms with E-state index in [1.165, 1.54) is 22.9 Å². The van der Waals surface area contributed by atoms with E-state index in [9.17, 15) is 40.1 Å². The number of nitrogens with one attached hydrogen (secondary N) is 1. The van der Waals surface area contributed by atoms with Gasteiger partial charge in [-0.15, -0.1) is 5.10 Å². The molecule has 1 aromatic heterocycles. The topological polar surface area (TPSA) is 262 Å². The summed E-state index contributed by atoms with van der Waals surface area (Å²) in [6.45, 7) is 7.25. The lowest BCUT2D eigenvalue weighted by atomic mass is 9.94. The number of aliphatic hydroxyl groups excluding tert-OH is 4. The van der Waals surface area contributed by atoms with Crippen LogP contribution in [0.3, 0.4) is 0 Å². The van der Waals surface area contributed by atoms with Crippen molar-refractivity contribution in [1.29, 1.82) is 5.26 Å². The number of allylic oxidation sites excluding steroid dienone is 2. The molecule has 3 aromatic rings. The van der Waals surface area contributed by atoms with Gasteiger partial charge in [-0.2, -0.15) is 5.26 Å². The Morgan fingerprint density at radius 2 is 1.76 bits per heavy atom. The number of benzene rings is 2. The summed E-state index contributed by atoms with van der Waals surface area (Å²) in [6.07, 6.45) is -5.70. The molecule has 0 aliphatic carbocycles. The molecule has 0 bridgehead atoms. The Balaban J connectivity index is 1.34. The van der Waals surface area contributed by atoms with Gasteiger partial charge < -0.3 is 44.7 Å². The van der Waals surface area contributed by atoms with Crippen LogP contribution in [0.2, 0.25) is 0 Å². The number of amides is 1. The highest BCUT2D eigenvalue weighted by Crippen LogP contribution is 2.35. The van der Waals surface area contributed by atoms with Gasteiger partial charge in [0.2, 0.25) is 6.29 Å². The Kier molecular flexibility index (Phi) is 15.3. The molecule has 1 aliphatic heterocycles. The van der Waals surface area contributed by atoms with Crippen LogP contribution in [0.15, 0.2) is 54.7 Å². The van der Waals surface area contributed by atoms with Gasteiger partial charge >= 0.3 is 11.7 Å². The molecule has 18 heteroatoms. The van der Waals surface area contributed by atoms with Gasteiger partial charge in [0.25, 0.3) is 5.91 Å². The molecule has 2 aromatic carbocycles. The van der Waals surface area contributed by atoms with Gasteiger partial charge in [0, 0.05) is 42.4 Å². The summed E-state index contributed by atoms with van der Waals surface area (Å²) < 4.78 is 23.6. The number of ether oxygens (including phenoxy) is 4. The summed E-state index contributed by atoms with van der Waals surface area (Å²) in [5.41, 5.74) is 2.44. The third-order valence-electron chi connectivity index (χ3n) is 8.67. The van der Waals surface area contributed by atoms with Crippen LogP contribution in [0.5, 0.6) is 5.75 Å². The van der Waals surface area contributed by atoms with Gasteiger partial charge in [0.05, 0.1) is 49.0 Å². The smallest absolute Gasteiger partial charge is 0.311 e. The van der Waals surface area contributed by atoms with Gasteiger partial charge in [-0.1, -0.05) is 51.1 Å². The second kappa shape index (κ2) is 19.9. The molecule has 18 nitrogen and oxygen atoms in total. The highest BCUT2D eigenvalue weighted by molar-refractivity contribution is 5.94. The number of nitro benzene ring substituents is 1. The molecule has 1 fully saturated rings. The fourth-order valence-electron chi connectivity index (χ4n) is 5.55. The lowest BCUT2D eigenvalue weighted by Crippen LogP contribution is -2.60. The van der Waals surface area contributed by atoms with Crippen LogP contribution in [0.4, 0.5) is 5.69 Å². The maximum atomic E-state index is 12.7. The van der Waals surface area contributed by atoms with E-state index < -0.39 is 65.9 Å². The number of nitro groups is 1. The molecule has 1 amide bonds. The summed E-state index contributed by atoms with van der Waals surface area (Å²) >= 11 is 0. The number of esters is 1. The van der Waals surface area contributed by atoms with Crippen molar-refractivity contribution < 1.29 is 53.9 Å². The quantitative estimate of drug-likeness (QED) is 0.0407. The van der Waals surface area contributed by atoms with Crippen LogP contribution < -0.4 is 10.1 Å². The molecule has 2 heterocycles. The summed E-state index contributed by atoms with van der Waals surface area (Å²) in [5, 5.41) is 72.1. The second-order valence-corrected chi connectivity index (χ2v) is 13.4. The Morgan fingerprint density at radius 3 is 2.40 bits per heavy atom. The van der Waals surface area contributed by atoms with E-state index >= 15 is 0 Å². The zero-order valence-electron chi connectivity index (χ0n) is 30.8. The maximum Gasteiger partial charge on any atom is 0.311 e. The minimum atomic E-state index is -1.79. The second-order valence-electron chi connectivity index (χ2n) is 13.4. The fraction of sp³-hybridized carbons (Fsp3) is 0.486. The van der Waals surface area contributed by atoms with Crippen LogP contribution in [0.1, 0.15) is 61.0 Å². The van der Waals surface area contributed by atoms with Crippen LogP contribution in [-0.4, -0.2) is 109 Å².